The summed E-state index contributed by atoms with van der Waals surface area (Å²) in [6, 6.07) is 20.0. The van der Waals surface area contributed by atoms with Gasteiger partial charge < -0.3 is 10.1 Å². The van der Waals surface area contributed by atoms with Gasteiger partial charge >= 0.3 is 0 Å². The fraction of sp³-hybridized carbons (Fsp3) is 0.0500. The molecule has 142 valence electrons. The molecule has 2 aliphatic heterocycles. The minimum absolute atomic E-state index is 0.200. The van der Waals surface area contributed by atoms with Crippen LogP contribution in [0.1, 0.15) is 5.56 Å². The van der Waals surface area contributed by atoms with Gasteiger partial charge in [-0.25, -0.2) is 4.40 Å². The van der Waals surface area contributed by atoms with Crippen molar-refractivity contribution in [3.05, 3.63) is 72.3 Å². The summed E-state index contributed by atoms with van der Waals surface area (Å²) >= 11 is 1.56. The number of anilines is 2. The highest BCUT2D eigenvalue weighted by molar-refractivity contribution is 7.98. The van der Waals surface area contributed by atoms with Crippen molar-refractivity contribution in [3.8, 4) is 11.5 Å². The van der Waals surface area contributed by atoms with Gasteiger partial charge in [0.25, 0.3) is 10.1 Å². The van der Waals surface area contributed by atoms with E-state index >= 15 is 0 Å². The minimum Gasteiger partial charge on any atom is -0.453 e. The molecule has 28 heavy (non-hydrogen) atoms. The van der Waals surface area contributed by atoms with Crippen LogP contribution in [0.15, 0.2) is 80.9 Å². The highest BCUT2D eigenvalue weighted by Gasteiger charge is 2.24. The van der Waals surface area contributed by atoms with Crippen molar-refractivity contribution in [3.63, 3.8) is 0 Å². The Labute approximate surface area is 167 Å². The third-order valence-electron chi connectivity index (χ3n) is 4.14. The van der Waals surface area contributed by atoms with E-state index in [4.69, 9.17) is 9.29 Å². The third kappa shape index (κ3) is 3.89. The molecule has 0 unspecified atom stereocenters. The summed E-state index contributed by atoms with van der Waals surface area (Å²) in [4.78, 5) is 1.10. The first-order valence-electron chi connectivity index (χ1n) is 8.43. The summed E-state index contributed by atoms with van der Waals surface area (Å²) in [5.41, 5.74) is 2.29. The molecule has 2 heterocycles. The van der Waals surface area contributed by atoms with Gasteiger partial charge in [0.2, 0.25) is 0 Å². The molecular formula is C20H16N2O4S2. The Bertz CT molecular complexity index is 1130. The number of rotatable bonds is 1. The number of hydrogen-bond donors (Lipinski definition) is 2. The fourth-order valence-electron chi connectivity index (χ4n) is 2.84. The maximum absolute atomic E-state index is 11.3. The SMILES string of the molecule is C1=NSc2ccccc2C1.O=S(=O)(O)c1cccc2c1Nc1ccccc1O2. The van der Waals surface area contributed by atoms with E-state index in [1.54, 1.807) is 36.2 Å². The molecule has 0 atom stereocenters. The molecule has 6 nitrogen and oxygen atoms in total. The van der Waals surface area contributed by atoms with Crippen molar-refractivity contribution in [1.29, 1.82) is 0 Å². The monoisotopic (exact) mass is 412 g/mol. The molecule has 3 aromatic carbocycles. The second kappa shape index (κ2) is 7.67. The third-order valence-corrected chi connectivity index (χ3v) is 5.89. The summed E-state index contributed by atoms with van der Waals surface area (Å²) < 4.78 is 41.4. The Kier molecular flexibility index (Phi) is 5.08. The summed E-state index contributed by atoms with van der Waals surface area (Å²) in [6.07, 6.45) is 2.94. The van der Waals surface area contributed by atoms with Gasteiger partial charge in [0.05, 0.1) is 5.69 Å². The van der Waals surface area contributed by atoms with Gasteiger partial charge in [0.1, 0.15) is 10.6 Å². The Balaban J connectivity index is 0.000000162. The molecule has 3 aromatic rings. The molecule has 5 rings (SSSR count). The molecule has 2 aliphatic rings. The summed E-state index contributed by atoms with van der Waals surface area (Å²) in [7, 11) is -4.29. The molecule has 8 heteroatoms. The summed E-state index contributed by atoms with van der Waals surface area (Å²) in [5.74, 6) is 0.973. The van der Waals surface area contributed by atoms with E-state index in [2.05, 4.69) is 27.9 Å². The second-order valence-electron chi connectivity index (χ2n) is 6.02. The van der Waals surface area contributed by atoms with E-state index in [0.717, 1.165) is 6.42 Å². The average molecular weight is 412 g/mol. The lowest BCUT2D eigenvalue weighted by molar-refractivity contribution is 0.471. The highest BCUT2D eigenvalue weighted by Crippen LogP contribution is 2.44. The Hall–Kier alpha value is -2.81. The van der Waals surface area contributed by atoms with Crippen LogP contribution in [-0.2, 0) is 16.5 Å². The predicted octanol–water partition coefficient (Wildman–Crippen LogP) is 5.10. The van der Waals surface area contributed by atoms with Gasteiger partial charge in [0.15, 0.2) is 11.5 Å². The quantitative estimate of drug-likeness (QED) is 0.334. The zero-order valence-electron chi connectivity index (χ0n) is 14.6. The first-order chi connectivity index (χ1) is 13.5. The first-order valence-corrected chi connectivity index (χ1v) is 10.6. The van der Waals surface area contributed by atoms with Crippen molar-refractivity contribution < 1.29 is 17.7 Å². The molecule has 0 bridgehead atoms. The maximum atomic E-state index is 11.3. The van der Waals surface area contributed by atoms with Gasteiger partial charge in [-0.15, -0.1) is 0 Å². The lowest BCUT2D eigenvalue weighted by atomic mass is 10.2. The number of nitrogens with zero attached hydrogens (tertiary/aromatic N) is 1. The number of fused-ring (bicyclic) bond motifs is 3. The normalized spacial score (nSPS) is 13.6. The molecule has 0 fully saturated rings. The smallest absolute Gasteiger partial charge is 0.296 e. The van der Waals surface area contributed by atoms with Crippen LogP contribution in [0.5, 0.6) is 11.5 Å². The largest absolute Gasteiger partial charge is 0.453 e. The van der Waals surface area contributed by atoms with Gasteiger partial charge in [-0.2, -0.15) is 8.42 Å². The standard InChI is InChI=1S/C12H9NO4S.C8H7NS/c14-18(15,16)11-7-3-6-10-12(11)13-8-4-1-2-5-9(8)17-10;1-2-4-8-7(3-1)5-6-9-10-8/h1-7,13H,(H,14,15,16);1-4,6H,5H2. The summed E-state index contributed by atoms with van der Waals surface area (Å²) in [6.45, 7) is 0. The molecule has 0 amide bonds. The van der Waals surface area contributed by atoms with Crippen molar-refractivity contribution in [2.24, 2.45) is 4.40 Å². The number of hydrogen-bond acceptors (Lipinski definition) is 6. The zero-order chi connectivity index (χ0) is 19.6. The van der Waals surface area contributed by atoms with E-state index in [1.807, 2.05) is 18.3 Å². The maximum Gasteiger partial charge on any atom is 0.296 e. The van der Waals surface area contributed by atoms with Crippen molar-refractivity contribution in [2.75, 3.05) is 5.32 Å². The Morgan fingerprint density at radius 3 is 2.54 bits per heavy atom. The molecule has 0 saturated heterocycles. The van der Waals surface area contributed by atoms with Crippen LogP contribution in [0.25, 0.3) is 0 Å². The lowest BCUT2D eigenvalue weighted by Crippen LogP contribution is -2.08. The van der Waals surface area contributed by atoms with Crippen LogP contribution in [0, 0.1) is 0 Å². The predicted molar refractivity (Wildman–Crippen MR) is 111 cm³/mol. The molecule has 0 radical (unpaired) electrons. The fourth-order valence-corrected chi connectivity index (χ4v) is 4.17. The molecular weight excluding hydrogens is 396 g/mol. The van der Waals surface area contributed by atoms with Gasteiger partial charge in [0, 0.05) is 29.5 Å². The number of nitrogens with one attached hydrogen (secondary N) is 1. The van der Waals surface area contributed by atoms with Crippen LogP contribution in [0.2, 0.25) is 0 Å². The molecule has 0 spiro atoms. The van der Waals surface area contributed by atoms with Crippen LogP contribution in [0.3, 0.4) is 0 Å². The van der Waals surface area contributed by atoms with E-state index in [-0.39, 0.29) is 10.6 Å². The number of benzene rings is 3. The van der Waals surface area contributed by atoms with Crippen LogP contribution >= 0.6 is 11.9 Å². The molecule has 2 N–H and O–H groups in total. The van der Waals surface area contributed by atoms with E-state index in [9.17, 15) is 8.42 Å². The Morgan fingerprint density at radius 2 is 1.71 bits per heavy atom. The Morgan fingerprint density at radius 1 is 0.964 bits per heavy atom. The van der Waals surface area contributed by atoms with E-state index in [0.29, 0.717) is 17.2 Å². The van der Waals surface area contributed by atoms with Gasteiger partial charge in [-0.3, -0.25) is 4.55 Å². The number of ether oxygens (including phenoxy) is 1. The van der Waals surface area contributed by atoms with Crippen molar-refractivity contribution >= 4 is 39.7 Å². The van der Waals surface area contributed by atoms with Crippen LogP contribution in [-0.4, -0.2) is 19.2 Å². The van der Waals surface area contributed by atoms with E-state index < -0.39 is 10.1 Å². The first kappa shape index (κ1) is 18.5. The van der Waals surface area contributed by atoms with Crippen molar-refractivity contribution in [2.45, 2.75) is 16.2 Å². The van der Waals surface area contributed by atoms with E-state index in [1.165, 1.54) is 22.6 Å². The van der Waals surface area contributed by atoms with Gasteiger partial charge in [-0.05, 0) is 35.9 Å². The highest BCUT2D eigenvalue weighted by atomic mass is 32.2. The molecule has 0 aromatic heterocycles. The topological polar surface area (TPSA) is 88.0 Å². The zero-order valence-corrected chi connectivity index (χ0v) is 16.2. The van der Waals surface area contributed by atoms with Crippen LogP contribution in [0.4, 0.5) is 11.4 Å². The number of para-hydroxylation sites is 3. The lowest BCUT2D eigenvalue weighted by Gasteiger charge is -2.22. The van der Waals surface area contributed by atoms with Crippen molar-refractivity contribution in [1.82, 2.24) is 0 Å². The second-order valence-corrected chi connectivity index (χ2v) is 8.24. The van der Waals surface area contributed by atoms with Crippen LogP contribution < -0.4 is 10.1 Å². The average Bonchev–Trinajstić information content (AvgIpc) is 2.71. The molecule has 0 saturated carbocycles. The molecule has 0 aliphatic carbocycles. The minimum atomic E-state index is -4.29. The van der Waals surface area contributed by atoms with Gasteiger partial charge in [-0.1, -0.05) is 36.4 Å². The summed E-state index contributed by atoms with van der Waals surface area (Å²) in [5, 5.41) is 2.95.